The van der Waals surface area contributed by atoms with Crippen LogP contribution in [0.25, 0.3) is 11.0 Å². The van der Waals surface area contributed by atoms with Crippen LogP contribution in [-0.4, -0.2) is 21.7 Å². The van der Waals surface area contributed by atoms with Crippen molar-refractivity contribution in [3.8, 4) is 0 Å². The second-order valence-corrected chi connectivity index (χ2v) is 7.80. The van der Waals surface area contributed by atoms with Crippen LogP contribution in [0.15, 0.2) is 71.3 Å². The van der Waals surface area contributed by atoms with E-state index < -0.39 is 0 Å². The molecule has 0 N–H and O–H groups in total. The smallest absolute Gasteiger partial charge is 0.247 e. The third-order valence-electron chi connectivity index (χ3n) is 4.84. The number of nitrogens with zero attached hydrogens (tertiary/aromatic N) is 3. The molecule has 0 bridgehead atoms. The molecule has 2 aromatic carbocycles. The number of hydrogen-bond donors (Lipinski definition) is 0. The Morgan fingerprint density at radius 1 is 1.10 bits per heavy atom. The van der Waals surface area contributed by atoms with E-state index in [2.05, 4.69) is 0 Å². The van der Waals surface area contributed by atoms with Gasteiger partial charge < -0.3 is 13.9 Å². The average Bonchev–Trinajstić information content (AvgIpc) is 3.36. The van der Waals surface area contributed by atoms with Crippen molar-refractivity contribution in [2.75, 3.05) is 11.2 Å². The lowest BCUT2D eigenvalue weighted by molar-refractivity contribution is -0.119. The summed E-state index contributed by atoms with van der Waals surface area (Å²) in [5.41, 5.74) is 3.90. The number of hydrogen-bond acceptors (Lipinski definition) is 4. The van der Waals surface area contributed by atoms with E-state index in [-0.39, 0.29) is 12.5 Å². The second kappa shape index (κ2) is 8.57. The minimum atomic E-state index is -0.00393. The molecule has 0 saturated heterocycles. The molecule has 0 atom stereocenters. The topological polar surface area (TPSA) is 51.3 Å². The van der Waals surface area contributed by atoms with Gasteiger partial charge in [-0.1, -0.05) is 29.8 Å². The number of aromatic nitrogens is 2. The Hall–Kier alpha value is -2.99. The number of furan rings is 1. The molecular weight excluding hydrogens is 382 g/mol. The van der Waals surface area contributed by atoms with E-state index in [9.17, 15) is 4.79 Å². The van der Waals surface area contributed by atoms with Crippen LogP contribution in [0.4, 0.5) is 5.69 Å². The molecule has 2 aromatic heterocycles. The number of aryl methyl sites for hydroxylation is 1. The van der Waals surface area contributed by atoms with Crippen LogP contribution in [0.5, 0.6) is 0 Å². The molecule has 4 aromatic rings. The zero-order chi connectivity index (χ0) is 20.2. The maximum atomic E-state index is 13.5. The fourth-order valence-electron chi connectivity index (χ4n) is 3.37. The first-order valence-electron chi connectivity index (χ1n) is 9.48. The highest BCUT2D eigenvalue weighted by Crippen LogP contribution is 2.22. The van der Waals surface area contributed by atoms with Crippen LogP contribution in [0.1, 0.15) is 17.1 Å². The Morgan fingerprint density at radius 3 is 2.62 bits per heavy atom. The predicted octanol–water partition coefficient (Wildman–Crippen LogP) is 5.03. The number of carbonyl (C=O) groups excluding carboxylic acids is 1. The molecule has 0 saturated carbocycles. The quantitative estimate of drug-likeness (QED) is 0.432. The first-order valence-corrected chi connectivity index (χ1v) is 10.9. The molecular formula is C23H23N3O2S. The van der Waals surface area contributed by atoms with E-state index >= 15 is 0 Å². The Kier molecular flexibility index (Phi) is 5.71. The van der Waals surface area contributed by atoms with Gasteiger partial charge >= 0.3 is 0 Å². The summed E-state index contributed by atoms with van der Waals surface area (Å²) in [7, 11) is 0. The van der Waals surface area contributed by atoms with E-state index in [1.54, 1.807) is 22.9 Å². The van der Waals surface area contributed by atoms with E-state index in [0.29, 0.717) is 6.54 Å². The van der Waals surface area contributed by atoms with Crippen LogP contribution in [0, 0.1) is 6.92 Å². The predicted molar refractivity (Wildman–Crippen MR) is 118 cm³/mol. The summed E-state index contributed by atoms with van der Waals surface area (Å²) in [5, 5.41) is 0. The maximum absolute atomic E-state index is 13.5. The number of rotatable bonds is 7. The normalized spacial score (nSPS) is 11.1. The largest absolute Gasteiger partial charge is 0.467 e. The molecule has 0 radical (unpaired) electrons. The van der Waals surface area contributed by atoms with Crippen molar-refractivity contribution in [3.63, 3.8) is 0 Å². The van der Waals surface area contributed by atoms with E-state index in [4.69, 9.17) is 9.40 Å². The third kappa shape index (κ3) is 4.22. The minimum absolute atomic E-state index is 0.00393. The molecule has 2 heterocycles. The zero-order valence-electron chi connectivity index (χ0n) is 16.5. The van der Waals surface area contributed by atoms with Crippen LogP contribution < -0.4 is 4.90 Å². The van der Waals surface area contributed by atoms with E-state index in [1.807, 2.05) is 78.4 Å². The van der Waals surface area contributed by atoms with Gasteiger partial charge in [0.15, 0.2) is 0 Å². The summed E-state index contributed by atoms with van der Waals surface area (Å²) >= 11 is 1.70. The highest BCUT2D eigenvalue weighted by Gasteiger charge is 2.21. The Balaban J connectivity index is 1.68. The molecule has 0 aliphatic carbocycles. The molecule has 5 nitrogen and oxygen atoms in total. The summed E-state index contributed by atoms with van der Waals surface area (Å²) < 4.78 is 7.54. The monoisotopic (exact) mass is 405 g/mol. The number of benzene rings is 2. The van der Waals surface area contributed by atoms with Gasteiger partial charge in [0.25, 0.3) is 0 Å². The Morgan fingerprint density at radius 2 is 1.90 bits per heavy atom. The van der Waals surface area contributed by atoms with Crippen molar-refractivity contribution in [1.82, 2.24) is 9.55 Å². The van der Waals surface area contributed by atoms with Gasteiger partial charge in [-0.25, -0.2) is 4.98 Å². The number of anilines is 1. The van der Waals surface area contributed by atoms with Crippen LogP contribution >= 0.6 is 11.8 Å². The summed E-state index contributed by atoms with van der Waals surface area (Å²) in [6.45, 7) is 2.65. The van der Waals surface area contributed by atoms with Gasteiger partial charge in [-0.05, 0) is 49.6 Å². The average molecular weight is 406 g/mol. The second-order valence-electron chi connectivity index (χ2n) is 6.93. The lowest BCUT2D eigenvalue weighted by Crippen LogP contribution is -2.33. The van der Waals surface area contributed by atoms with E-state index in [1.165, 1.54) is 0 Å². The molecule has 6 heteroatoms. The molecule has 0 aliphatic rings. The summed E-state index contributed by atoms with van der Waals surface area (Å²) in [5.74, 6) is 2.41. The summed E-state index contributed by atoms with van der Waals surface area (Å²) in [6, 6.07) is 19.7. The fraction of sp³-hybridized carbons (Fsp3) is 0.217. The first-order chi connectivity index (χ1) is 14.2. The molecule has 0 aliphatic heterocycles. The first kappa shape index (κ1) is 19.3. The maximum Gasteiger partial charge on any atom is 0.247 e. The van der Waals surface area contributed by atoms with Crippen LogP contribution in [0.2, 0.25) is 0 Å². The molecule has 0 unspecified atom stereocenters. The van der Waals surface area contributed by atoms with Crippen molar-refractivity contribution in [2.24, 2.45) is 0 Å². The van der Waals surface area contributed by atoms with Crippen molar-refractivity contribution < 1.29 is 9.21 Å². The highest BCUT2D eigenvalue weighted by atomic mass is 32.2. The van der Waals surface area contributed by atoms with Crippen molar-refractivity contribution in [2.45, 2.75) is 25.8 Å². The van der Waals surface area contributed by atoms with Crippen molar-refractivity contribution >= 4 is 34.4 Å². The van der Waals surface area contributed by atoms with Crippen molar-refractivity contribution in [1.29, 1.82) is 0 Å². The Bertz CT molecular complexity index is 1100. The highest BCUT2D eigenvalue weighted by molar-refractivity contribution is 7.97. The van der Waals surface area contributed by atoms with Gasteiger partial charge in [-0.15, -0.1) is 0 Å². The SMILES string of the molecule is CSCc1nc2ccccc2n1CC(=O)N(Cc1ccco1)c1ccc(C)cc1. The number of amides is 1. The van der Waals surface area contributed by atoms with Crippen LogP contribution in [0.3, 0.4) is 0 Å². The van der Waals surface area contributed by atoms with Crippen molar-refractivity contribution in [3.05, 3.63) is 84.1 Å². The molecule has 0 spiro atoms. The summed E-state index contributed by atoms with van der Waals surface area (Å²) in [6.07, 6.45) is 3.67. The number of thioether (sulfide) groups is 1. The van der Waals surface area contributed by atoms with Gasteiger partial charge in [0.1, 0.15) is 18.1 Å². The zero-order valence-corrected chi connectivity index (χ0v) is 17.4. The van der Waals surface area contributed by atoms with Gasteiger partial charge in [0, 0.05) is 5.69 Å². The van der Waals surface area contributed by atoms with Gasteiger partial charge in [-0.2, -0.15) is 11.8 Å². The molecule has 0 fully saturated rings. The molecule has 29 heavy (non-hydrogen) atoms. The number of para-hydroxylation sites is 2. The van der Waals surface area contributed by atoms with E-state index in [0.717, 1.165) is 39.6 Å². The van der Waals surface area contributed by atoms with Gasteiger partial charge in [-0.3, -0.25) is 4.79 Å². The third-order valence-corrected chi connectivity index (χ3v) is 5.39. The number of imidazole rings is 1. The minimum Gasteiger partial charge on any atom is -0.467 e. The number of carbonyl (C=O) groups is 1. The molecule has 148 valence electrons. The standard InChI is InChI=1S/C23H23N3O2S/c1-17-9-11-18(12-10-17)25(14-19-6-5-13-28-19)23(27)15-26-21-8-4-3-7-20(21)24-22(26)16-29-2/h3-13H,14-16H2,1-2H3. The fourth-order valence-corrected chi connectivity index (χ4v) is 3.85. The lowest BCUT2D eigenvalue weighted by atomic mass is 10.2. The summed E-state index contributed by atoms with van der Waals surface area (Å²) in [4.78, 5) is 20.0. The van der Waals surface area contributed by atoms with Gasteiger partial charge in [0.2, 0.25) is 5.91 Å². The molecule has 4 rings (SSSR count). The number of fused-ring (bicyclic) bond motifs is 1. The van der Waals surface area contributed by atoms with Gasteiger partial charge in [0.05, 0.1) is 29.6 Å². The molecule has 1 amide bonds. The lowest BCUT2D eigenvalue weighted by Gasteiger charge is -2.23. The Labute approximate surface area is 174 Å². The van der Waals surface area contributed by atoms with Crippen LogP contribution in [-0.2, 0) is 23.6 Å².